The van der Waals surface area contributed by atoms with E-state index in [-0.39, 0.29) is 22.1 Å². The Balaban J connectivity index is 2.26. The minimum absolute atomic E-state index is 0.0207. The zero-order chi connectivity index (χ0) is 17.2. The average Bonchev–Trinajstić information content (AvgIpc) is 2.41. The number of benzene rings is 1. The van der Waals surface area contributed by atoms with Crippen molar-refractivity contribution >= 4 is 5.57 Å². The fourth-order valence-corrected chi connectivity index (χ4v) is 3.55. The van der Waals surface area contributed by atoms with E-state index >= 15 is 0 Å². The molecule has 0 spiro atoms. The third-order valence-corrected chi connectivity index (χ3v) is 5.11. The molecule has 0 radical (unpaired) electrons. The highest BCUT2D eigenvalue weighted by Gasteiger charge is 2.43. The molecule has 0 aromatic heterocycles. The lowest BCUT2D eigenvalue weighted by Crippen LogP contribution is -2.35. The molecular weight excluding hydrogens is 305 g/mol. The van der Waals surface area contributed by atoms with Gasteiger partial charge in [-0.05, 0) is 53.0 Å². The van der Waals surface area contributed by atoms with Crippen molar-refractivity contribution < 1.29 is 23.0 Å². The highest BCUT2D eigenvalue weighted by atomic mass is 19.4. The first-order chi connectivity index (χ1) is 10.4. The molecule has 1 aromatic carbocycles. The number of aliphatic hydroxyl groups excluding tert-OH is 1. The van der Waals surface area contributed by atoms with Crippen LogP contribution in [0, 0.1) is 0 Å². The molecule has 0 saturated heterocycles. The summed E-state index contributed by atoms with van der Waals surface area (Å²) in [5.74, 6) is 0.108. The number of allylic oxidation sites excluding steroid dienone is 1. The van der Waals surface area contributed by atoms with Gasteiger partial charge in [-0.1, -0.05) is 27.7 Å². The minimum atomic E-state index is -4.53. The zero-order valence-corrected chi connectivity index (χ0v) is 13.7. The van der Waals surface area contributed by atoms with Gasteiger partial charge in [0.05, 0.1) is 5.57 Å². The maximum absolute atomic E-state index is 13.3. The van der Waals surface area contributed by atoms with Gasteiger partial charge in [0.25, 0.3) is 0 Å². The molecule has 1 aromatic rings. The quantitative estimate of drug-likeness (QED) is 0.749. The molecule has 1 atom stereocenters. The molecule has 23 heavy (non-hydrogen) atoms. The molecule has 0 saturated carbocycles. The molecule has 126 valence electrons. The molecule has 1 unspecified atom stereocenters. The van der Waals surface area contributed by atoms with E-state index in [0.29, 0.717) is 0 Å². The van der Waals surface area contributed by atoms with E-state index in [4.69, 9.17) is 4.74 Å². The van der Waals surface area contributed by atoms with E-state index in [0.717, 1.165) is 30.0 Å². The number of aliphatic hydroxyl groups is 1. The van der Waals surface area contributed by atoms with Crippen molar-refractivity contribution in [1.82, 2.24) is 0 Å². The Morgan fingerprint density at radius 1 is 1.04 bits per heavy atom. The number of ether oxygens (including phenoxy) is 1. The summed E-state index contributed by atoms with van der Waals surface area (Å²) in [4.78, 5) is 0. The summed E-state index contributed by atoms with van der Waals surface area (Å²) in [6.07, 6.45) is -3.49. The molecule has 1 aliphatic heterocycles. The van der Waals surface area contributed by atoms with Crippen LogP contribution in [0.3, 0.4) is 0 Å². The highest BCUT2D eigenvalue weighted by Crippen LogP contribution is 2.50. The van der Waals surface area contributed by atoms with Crippen LogP contribution >= 0.6 is 0 Å². The van der Waals surface area contributed by atoms with Crippen molar-refractivity contribution in [3.05, 3.63) is 34.9 Å². The van der Waals surface area contributed by atoms with Crippen LogP contribution in [0.5, 0.6) is 5.75 Å². The van der Waals surface area contributed by atoms with Crippen molar-refractivity contribution in [3.63, 3.8) is 0 Å². The maximum atomic E-state index is 13.3. The van der Waals surface area contributed by atoms with Crippen molar-refractivity contribution in [1.29, 1.82) is 0 Å². The lowest BCUT2D eigenvalue weighted by Gasteiger charge is -2.42. The molecule has 2 nitrogen and oxygen atoms in total. The summed E-state index contributed by atoms with van der Waals surface area (Å²) in [6.45, 7) is 8.30. The van der Waals surface area contributed by atoms with Gasteiger partial charge in [0.15, 0.2) is 0 Å². The van der Waals surface area contributed by atoms with Gasteiger partial charge in [-0.15, -0.1) is 0 Å². The Labute approximate surface area is 134 Å². The van der Waals surface area contributed by atoms with E-state index in [1.165, 1.54) is 0 Å². The first-order valence-electron chi connectivity index (χ1n) is 7.75. The SMILES string of the molecule is CC1(C)CCC(C)(C)c2cc3c(cc21)OC(O)C=C3C(F)(F)F. The second-order valence-electron chi connectivity index (χ2n) is 7.75. The molecule has 1 heterocycles. The van der Waals surface area contributed by atoms with Gasteiger partial charge in [-0.2, -0.15) is 13.2 Å². The van der Waals surface area contributed by atoms with Gasteiger partial charge < -0.3 is 9.84 Å². The van der Waals surface area contributed by atoms with E-state index in [1.807, 2.05) is 0 Å². The van der Waals surface area contributed by atoms with E-state index in [9.17, 15) is 18.3 Å². The number of rotatable bonds is 0. The molecule has 0 fully saturated rings. The van der Waals surface area contributed by atoms with Crippen LogP contribution in [0.1, 0.15) is 57.2 Å². The van der Waals surface area contributed by atoms with Crippen LogP contribution in [0.25, 0.3) is 5.57 Å². The third kappa shape index (κ3) is 2.65. The Kier molecular flexibility index (Phi) is 3.39. The van der Waals surface area contributed by atoms with Crippen LogP contribution < -0.4 is 4.74 Å². The predicted octanol–water partition coefficient (Wildman–Crippen LogP) is 4.69. The molecule has 3 rings (SSSR count). The van der Waals surface area contributed by atoms with Gasteiger partial charge in [0.2, 0.25) is 6.29 Å². The normalized spacial score (nSPS) is 25.0. The van der Waals surface area contributed by atoms with Crippen LogP contribution in [-0.4, -0.2) is 17.6 Å². The maximum Gasteiger partial charge on any atom is 0.417 e. The number of hydrogen-bond donors (Lipinski definition) is 1. The Morgan fingerprint density at radius 3 is 2.09 bits per heavy atom. The molecule has 2 aliphatic rings. The van der Waals surface area contributed by atoms with Crippen LogP contribution in [0.2, 0.25) is 0 Å². The van der Waals surface area contributed by atoms with Gasteiger partial charge in [0.1, 0.15) is 5.75 Å². The molecule has 0 amide bonds. The summed E-state index contributed by atoms with van der Waals surface area (Å²) in [5.41, 5.74) is 0.812. The summed E-state index contributed by atoms with van der Waals surface area (Å²) in [7, 11) is 0. The summed E-state index contributed by atoms with van der Waals surface area (Å²) < 4.78 is 45.3. The van der Waals surface area contributed by atoms with Crippen LogP contribution in [-0.2, 0) is 10.8 Å². The van der Waals surface area contributed by atoms with E-state index in [1.54, 1.807) is 12.1 Å². The fraction of sp³-hybridized carbons (Fsp3) is 0.556. The Morgan fingerprint density at radius 2 is 1.57 bits per heavy atom. The first-order valence-corrected chi connectivity index (χ1v) is 7.75. The van der Waals surface area contributed by atoms with Crippen LogP contribution in [0.4, 0.5) is 13.2 Å². The van der Waals surface area contributed by atoms with E-state index < -0.39 is 18.0 Å². The standard InChI is InChI=1S/C18H21F3O2/c1-16(2)5-6-17(3,4)13-8-14-10(7-12(13)16)11(18(19,20)21)9-15(22)23-14/h7-9,15,22H,5-6H2,1-4H3. The second kappa shape index (κ2) is 4.76. The third-order valence-electron chi connectivity index (χ3n) is 5.11. The minimum Gasteiger partial charge on any atom is -0.461 e. The fourth-order valence-electron chi connectivity index (χ4n) is 3.55. The predicted molar refractivity (Wildman–Crippen MR) is 82.4 cm³/mol. The van der Waals surface area contributed by atoms with Gasteiger partial charge >= 0.3 is 6.18 Å². The molecule has 0 bridgehead atoms. The topological polar surface area (TPSA) is 29.5 Å². The lowest BCUT2D eigenvalue weighted by atomic mass is 9.62. The molecule has 1 N–H and O–H groups in total. The molecular formula is C18H21F3O2. The van der Waals surface area contributed by atoms with Crippen molar-refractivity contribution in [2.24, 2.45) is 0 Å². The monoisotopic (exact) mass is 326 g/mol. The number of fused-ring (bicyclic) bond motifs is 2. The van der Waals surface area contributed by atoms with Crippen molar-refractivity contribution in [2.75, 3.05) is 0 Å². The van der Waals surface area contributed by atoms with Crippen molar-refractivity contribution in [2.45, 2.75) is 63.8 Å². The summed E-state index contributed by atoms with van der Waals surface area (Å²) >= 11 is 0. The summed E-state index contributed by atoms with van der Waals surface area (Å²) in [5, 5.41) is 9.63. The first kappa shape index (κ1) is 16.4. The van der Waals surface area contributed by atoms with E-state index in [2.05, 4.69) is 27.7 Å². The highest BCUT2D eigenvalue weighted by molar-refractivity contribution is 5.77. The Hall–Kier alpha value is -1.49. The second-order valence-corrected chi connectivity index (χ2v) is 7.75. The number of halogens is 3. The van der Waals surface area contributed by atoms with Gasteiger partial charge in [-0.3, -0.25) is 0 Å². The van der Waals surface area contributed by atoms with Gasteiger partial charge in [-0.25, -0.2) is 0 Å². The van der Waals surface area contributed by atoms with Crippen molar-refractivity contribution in [3.8, 4) is 5.75 Å². The molecule has 1 aliphatic carbocycles. The number of hydrogen-bond acceptors (Lipinski definition) is 2. The lowest BCUT2D eigenvalue weighted by molar-refractivity contribution is -0.0729. The number of alkyl halides is 3. The zero-order valence-electron chi connectivity index (χ0n) is 13.7. The largest absolute Gasteiger partial charge is 0.461 e. The van der Waals surface area contributed by atoms with Crippen LogP contribution in [0.15, 0.2) is 18.2 Å². The average molecular weight is 326 g/mol. The van der Waals surface area contributed by atoms with Gasteiger partial charge in [0, 0.05) is 5.56 Å². The smallest absolute Gasteiger partial charge is 0.417 e. The Bertz CT molecular complexity index is 684. The summed E-state index contributed by atoms with van der Waals surface area (Å²) in [6, 6.07) is 3.30. The molecule has 5 heteroatoms.